The summed E-state index contributed by atoms with van der Waals surface area (Å²) in [6, 6.07) is 0.325. The molecule has 0 aromatic heterocycles. The van der Waals surface area contributed by atoms with Crippen LogP contribution >= 0.6 is 0 Å². The Hall–Kier alpha value is -0.830. The van der Waals surface area contributed by atoms with Gasteiger partial charge in [0, 0.05) is 19.4 Å². The smallest absolute Gasteiger partial charge is 0.302 e. The number of rotatable bonds is 2. The highest BCUT2D eigenvalue weighted by molar-refractivity contribution is 5.66. The summed E-state index contributed by atoms with van der Waals surface area (Å²) in [7, 11) is 0. The zero-order chi connectivity index (χ0) is 18.7. The minimum absolute atomic E-state index is 0.103. The Morgan fingerprint density at radius 2 is 1.96 bits per heavy atom. The molecule has 26 heavy (non-hydrogen) atoms. The van der Waals surface area contributed by atoms with Gasteiger partial charge in [-0.2, -0.15) is 0 Å². The number of nitrogens with two attached hydrogens (primary N) is 1. The fourth-order valence-corrected chi connectivity index (χ4v) is 7.87. The minimum Gasteiger partial charge on any atom is -0.462 e. The summed E-state index contributed by atoms with van der Waals surface area (Å²) in [4.78, 5) is 11.4. The molecule has 0 amide bonds. The average Bonchev–Trinajstić information content (AvgIpc) is 2.92. The third-order valence-corrected chi connectivity index (χ3v) is 9.10. The number of esters is 1. The molecule has 2 N–H and O–H groups in total. The lowest BCUT2D eigenvalue weighted by Gasteiger charge is -2.58. The summed E-state index contributed by atoms with van der Waals surface area (Å²) in [6.45, 7) is 8.82. The molecule has 0 saturated heterocycles. The third-order valence-electron chi connectivity index (χ3n) is 9.10. The summed E-state index contributed by atoms with van der Waals surface area (Å²) in [5, 5.41) is 0. The lowest BCUT2D eigenvalue weighted by atomic mass is 9.47. The highest BCUT2D eigenvalue weighted by Gasteiger charge is 2.59. The van der Waals surface area contributed by atoms with E-state index < -0.39 is 0 Å². The number of carbonyl (C=O) groups excluding carboxylic acids is 1. The van der Waals surface area contributed by atoms with Gasteiger partial charge in [-0.05, 0) is 86.4 Å². The van der Waals surface area contributed by atoms with Crippen LogP contribution in [0.25, 0.3) is 0 Å². The van der Waals surface area contributed by atoms with Crippen LogP contribution in [-0.4, -0.2) is 18.1 Å². The summed E-state index contributed by atoms with van der Waals surface area (Å²) in [6.07, 6.45) is 12.4. The molecule has 0 aromatic carbocycles. The van der Waals surface area contributed by atoms with Crippen LogP contribution in [0.15, 0.2) is 11.6 Å². The molecule has 3 heteroatoms. The number of allylic oxidation sites excluding steroid dienone is 1. The van der Waals surface area contributed by atoms with Crippen molar-refractivity contribution in [3.63, 3.8) is 0 Å². The van der Waals surface area contributed by atoms with Crippen LogP contribution in [0.4, 0.5) is 0 Å². The number of hydrogen-bond donors (Lipinski definition) is 1. The molecule has 0 aromatic rings. The van der Waals surface area contributed by atoms with Crippen LogP contribution in [-0.2, 0) is 9.53 Å². The maximum Gasteiger partial charge on any atom is 0.302 e. The quantitative estimate of drug-likeness (QED) is 0.567. The molecule has 0 spiro atoms. The number of ether oxygens (including phenoxy) is 1. The Labute approximate surface area is 159 Å². The summed E-state index contributed by atoms with van der Waals surface area (Å²) >= 11 is 0. The Kier molecular flexibility index (Phi) is 4.53. The van der Waals surface area contributed by atoms with Crippen LogP contribution in [0.5, 0.6) is 0 Å². The molecular weight excluding hydrogens is 322 g/mol. The fraction of sp³-hybridized carbons (Fsp3) is 0.870. The Bertz CT molecular complexity index is 611. The Morgan fingerprint density at radius 1 is 1.19 bits per heavy atom. The van der Waals surface area contributed by atoms with Crippen LogP contribution in [0.2, 0.25) is 0 Å². The second-order valence-corrected chi connectivity index (χ2v) is 10.3. The van der Waals surface area contributed by atoms with Gasteiger partial charge in [-0.3, -0.25) is 4.79 Å². The molecule has 3 saturated carbocycles. The first kappa shape index (κ1) is 18.5. The molecule has 0 radical (unpaired) electrons. The van der Waals surface area contributed by atoms with E-state index in [2.05, 4.69) is 26.8 Å². The van der Waals surface area contributed by atoms with E-state index in [0.29, 0.717) is 22.8 Å². The highest BCUT2D eigenvalue weighted by Crippen LogP contribution is 2.66. The van der Waals surface area contributed by atoms with Crippen molar-refractivity contribution in [3.05, 3.63) is 11.6 Å². The van der Waals surface area contributed by atoms with E-state index in [1.54, 1.807) is 5.57 Å². The molecule has 4 aliphatic rings. The number of hydrogen-bond acceptors (Lipinski definition) is 3. The normalized spacial score (nSPS) is 48.7. The van der Waals surface area contributed by atoms with Crippen molar-refractivity contribution < 1.29 is 9.53 Å². The lowest BCUT2D eigenvalue weighted by molar-refractivity contribution is -0.148. The summed E-state index contributed by atoms with van der Waals surface area (Å²) in [5.41, 5.74) is 8.75. The molecule has 0 heterocycles. The monoisotopic (exact) mass is 359 g/mol. The van der Waals surface area contributed by atoms with Gasteiger partial charge in [0.15, 0.2) is 0 Å². The first-order valence-electron chi connectivity index (χ1n) is 10.9. The number of carbonyl (C=O) groups is 1. The third kappa shape index (κ3) is 2.68. The molecule has 4 aliphatic carbocycles. The molecule has 0 bridgehead atoms. The molecule has 8 atom stereocenters. The first-order chi connectivity index (χ1) is 12.3. The van der Waals surface area contributed by atoms with Gasteiger partial charge in [-0.15, -0.1) is 0 Å². The first-order valence-corrected chi connectivity index (χ1v) is 10.9. The molecule has 3 fully saturated rings. The van der Waals surface area contributed by atoms with E-state index in [9.17, 15) is 4.79 Å². The van der Waals surface area contributed by atoms with E-state index in [1.807, 2.05) is 0 Å². The van der Waals surface area contributed by atoms with Gasteiger partial charge in [0.1, 0.15) is 6.10 Å². The highest BCUT2D eigenvalue weighted by atomic mass is 16.5. The van der Waals surface area contributed by atoms with E-state index in [4.69, 9.17) is 10.5 Å². The van der Waals surface area contributed by atoms with Gasteiger partial charge in [0.25, 0.3) is 0 Å². The van der Waals surface area contributed by atoms with Crippen molar-refractivity contribution in [2.24, 2.45) is 40.2 Å². The molecule has 4 rings (SSSR count). The van der Waals surface area contributed by atoms with Crippen LogP contribution < -0.4 is 5.73 Å². The predicted octanol–water partition coefficient (Wildman–Crippen LogP) is 4.84. The molecule has 0 aliphatic heterocycles. The van der Waals surface area contributed by atoms with Gasteiger partial charge in [0.2, 0.25) is 0 Å². The second kappa shape index (κ2) is 6.36. The second-order valence-electron chi connectivity index (χ2n) is 10.3. The van der Waals surface area contributed by atoms with Gasteiger partial charge in [-0.1, -0.05) is 25.5 Å². The van der Waals surface area contributed by atoms with Crippen LogP contribution in [0.1, 0.15) is 79.1 Å². The van der Waals surface area contributed by atoms with Crippen LogP contribution in [0, 0.1) is 34.5 Å². The maximum atomic E-state index is 11.4. The van der Waals surface area contributed by atoms with E-state index in [1.165, 1.54) is 45.4 Å². The van der Waals surface area contributed by atoms with Crippen molar-refractivity contribution in [2.75, 3.05) is 0 Å². The molecule has 3 nitrogen and oxygen atoms in total. The standard InChI is InChI=1S/C23H37NO2/c1-14(24)19-7-8-20-18-6-5-16-13-17(26-15(2)25)9-11-22(16,3)21(18)10-12-23(19,20)4/h5,14,17-21H,6-13,24H2,1-4H3/t14-,17-,18+,19+,20-,21-,22-,23+/m0/s1. The summed E-state index contributed by atoms with van der Waals surface area (Å²) in [5.74, 6) is 3.06. The van der Waals surface area contributed by atoms with Crippen molar-refractivity contribution in [2.45, 2.75) is 91.2 Å². The Balaban J connectivity index is 1.58. The molecule has 146 valence electrons. The summed E-state index contributed by atoms with van der Waals surface area (Å²) < 4.78 is 5.55. The zero-order valence-corrected chi connectivity index (χ0v) is 17.1. The van der Waals surface area contributed by atoms with Gasteiger partial charge < -0.3 is 10.5 Å². The topological polar surface area (TPSA) is 52.3 Å². The minimum atomic E-state index is -0.130. The SMILES string of the molecule is CC(=O)O[C@H]1CC[C@@]2(C)C(=CC[C@@H]3[C@@H]4CC[C@H]([C@H](C)N)[C@@]4(C)CC[C@@H]32)C1. The largest absolute Gasteiger partial charge is 0.462 e. The van der Waals surface area contributed by atoms with E-state index in [0.717, 1.165) is 30.6 Å². The van der Waals surface area contributed by atoms with Crippen molar-refractivity contribution >= 4 is 5.97 Å². The van der Waals surface area contributed by atoms with Gasteiger partial charge in [-0.25, -0.2) is 0 Å². The van der Waals surface area contributed by atoms with Crippen molar-refractivity contribution in [1.82, 2.24) is 0 Å². The van der Waals surface area contributed by atoms with Gasteiger partial charge in [0.05, 0.1) is 0 Å². The van der Waals surface area contributed by atoms with Crippen molar-refractivity contribution in [1.29, 1.82) is 0 Å². The molecular formula is C23H37NO2. The van der Waals surface area contributed by atoms with Crippen molar-refractivity contribution in [3.8, 4) is 0 Å². The van der Waals surface area contributed by atoms with E-state index in [-0.39, 0.29) is 12.1 Å². The van der Waals surface area contributed by atoms with E-state index >= 15 is 0 Å². The predicted molar refractivity (Wildman–Crippen MR) is 104 cm³/mol. The maximum absolute atomic E-state index is 11.4. The number of fused-ring (bicyclic) bond motifs is 5. The van der Waals surface area contributed by atoms with Crippen LogP contribution in [0.3, 0.4) is 0 Å². The zero-order valence-electron chi connectivity index (χ0n) is 17.1. The Morgan fingerprint density at radius 3 is 2.65 bits per heavy atom. The lowest BCUT2D eigenvalue weighted by Crippen LogP contribution is -2.52. The average molecular weight is 360 g/mol. The van der Waals surface area contributed by atoms with Gasteiger partial charge >= 0.3 is 5.97 Å². The molecule has 0 unspecified atom stereocenters. The fourth-order valence-electron chi connectivity index (χ4n) is 7.87.